The van der Waals surface area contributed by atoms with Crippen LogP contribution in [0, 0.1) is 12.8 Å². The average molecular weight is 378 g/mol. The summed E-state index contributed by atoms with van der Waals surface area (Å²) in [6, 6.07) is 9.14. The van der Waals surface area contributed by atoms with Crippen molar-refractivity contribution in [1.82, 2.24) is 14.9 Å². The third-order valence-electron chi connectivity index (χ3n) is 5.97. The number of rotatable bonds is 5. The number of oxazole rings is 1. The van der Waals surface area contributed by atoms with Crippen molar-refractivity contribution >= 4 is 16.6 Å². The number of benzene rings is 1. The Hall–Kier alpha value is -2.44. The lowest BCUT2D eigenvalue weighted by atomic mass is 9.79. The van der Waals surface area contributed by atoms with Crippen molar-refractivity contribution in [1.29, 1.82) is 0 Å². The Kier molecular flexibility index (Phi) is 4.74. The Balaban J connectivity index is 1.21. The second kappa shape index (κ2) is 7.53. The molecule has 0 spiro atoms. The summed E-state index contributed by atoms with van der Waals surface area (Å²) in [5.41, 5.74) is 1.04. The molecule has 5 rings (SSSR count). The third kappa shape index (κ3) is 3.62. The van der Waals surface area contributed by atoms with Crippen LogP contribution < -0.4 is 5.32 Å². The van der Waals surface area contributed by atoms with Gasteiger partial charge in [0.05, 0.1) is 19.4 Å². The van der Waals surface area contributed by atoms with E-state index in [4.69, 9.17) is 9.15 Å². The van der Waals surface area contributed by atoms with E-state index in [-0.39, 0.29) is 0 Å². The largest absolute Gasteiger partial charge is 0.441 e. The zero-order valence-electron chi connectivity index (χ0n) is 16.2. The Bertz CT molecular complexity index is 958. The second-order valence-corrected chi connectivity index (χ2v) is 7.90. The minimum Gasteiger partial charge on any atom is -0.441 e. The van der Waals surface area contributed by atoms with Gasteiger partial charge in [0, 0.05) is 49.7 Å². The van der Waals surface area contributed by atoms with Gasteiger partial charge in [-0.15, -0.1) is 0 Å². The minimum atomic E-state index is 0.683. The molecule has 0 amide bonds. The van der Waals surface area contributed by atoms with E-state index >= 15 is 0 Å². The molecule has 1 aliphatic heterocycles. The van der Waals surface area contributed by atoms with Crippen molar-refractivity contribution in [3.8, 4) is 11.3 Å². The molecule has 1 aromatic carbocycles. The van der Waals surface area contributed by atoms with Crippen LogP contribution in [0.4, 0.5) is 5.82 Å². The lowest BCUT2D eigenvalue weighted by Gasteiger charge is -2.44. The summed E-state index contributed by atoms with van der Waals surface area (Å²) >= 11 is 0. The maximum absolute atomic E-state index is 5.66. The first kappa shape index (κ1) is 17.6. The van der Waals surface area contributed by atoms with Gasteiger partial charge in [0.15, 0.2) is 11.7 Å². The van der Waals surface area contributed by atoms with Gasteiger partial charge in [-0.1, -0.05) is 12.1 Å². The highest BCUT2D eigenvalue weighted by molar-refractivity contribution is 5.87. The normalized spacial score (nSPS) is 22.9. The molecular weight excluding hydrogens is 352 g/mol. The maximum Gasteiger partial charge on any atom is 0.191 e. The molecule has 1 aliphatic carbocycles. The lowest BCUT2D eigenvalue weighted by Crippen LogP contribution is -2.50. The summed E-state index contributed by atoms with van der Waals surface area (Å²) in [5, 5.41) is 5.82. The van der Waals surface area contributed by atoms with Crippen LogP contribution in [-0.2, 0) is 4.74 Å². The van der Waals surface area contributed by atoms with Gasteiger partial charge in [0.25, 0.3) is 0 Å². The number of aryl methyl sites for hydroxylation is 1. The fourth-order valence-electron chi connectivity index (χ4n) is 4.24. The van der Waals surface area contributed by atoms with Gasteiger partial charge in [0.2, 0.25) is 0 Å². The molecule has 0 radical (unpaired) electrons. The summed E-state index contributed by atoms with van der Waals surface area (Å²) in [5.74, 6) is 3.15. The molecule has 6 nitrogen and oxygen atoms in total. The lowest BCUT2D eigenvalue weighted by molar-refractivity contribution is -0.0151. The summed E-state index contributed by atoms with van der Waals surface area (Å²) in [6.45, 7) is 6.79. The highest BCUT2D eigenvalue weighted by Gasteiger charge is 2.33. The number of pyridine rings is 1. The van der Waals surface area contributed by atoms with Crippen molar-refractivity contribution in [3.63, 3.8) is 0 Å². The number of fused-ring (bicyclic) bond motifs is 1. The summed E-state index contributed by atoms with van der Waals surface area (Å²) in [7, 11) is 0. The van der Waals surface area contributed by atoms with Gasteiger partial charge in [-0.25, -0.2) is 9.97 Å². The monoisotopic (exact) mass is 378 g/mol. The van der Waals surface area contributed by atoms with E-state index < -0.39 is 0 Å². The highest BCUT2D eigenvalue weighted by Crippen LogP contribution is 2.32. The van der Waals surface area contributed by atoms with E-state index in [9.17, 15) is 0 Å². The summed E-state index contributed by atoms with van der Waals surface area (Å²) in [6.07, 6.45) is 6.26. The van der Waals surface area contributed by atoms with Crippen molar-refractivity contribution in [2.24, 2.45) is 5.92 Å². The van der Waals surface area contributed by atoms with E-state index in [2.05, 4.69) is 44.5 Å². The number of anilines is 1. The van der Waals surface area contributed by atoms with Crippen LogP contribution in [0.25, 0.3) is 22.1 Å². The standard InChI is InChI=1S/C22H26N4O2/c1-15-23-14-21(28-15)17-2-3-18-13-25-22(11-19(18)10-17)24-12-16-8-20(9-16)26-4-6-27-7-5-26/h2-3,10-11,13-14,16,20H,4-9,12H2,1H3,(H,24,25). The topological polar surface area (TPSA) is 63.4 Å². The molecule has 2 aliphatic rings. The molecule has 0 unspecified atom stereocenters. The van der Waals surface area contributed by atoms with Gasteiger partial charge in [-0.2, -0.15) is 0 Å². The van der Waals surface area contributed by atoms with Crippen LogP contribution >= 0.6 is 0 Å². The smallest absolute Gasteiger partial charge is 0.191 e. The van der Waals surface area contributed by atoms with Crippen molar-refractivity contribution < 1.29 is 9.15 Å². The molecule has 1 N–H and O–H groups in total. The predicted octanol–water partition coefficient (Wildman–Crippen LogP) is 3.72. The molecule has 28 heavy (non-hydrogen) atoms. The first-order valence-electron chi connectivity index (χ1n) is 10.1. The fraction of sp³-hybridized carbons (Fsp3) is 0.455. The Morgan fingerprint density at radius 2 is 1.93 bits per heavy atom. The molecule has 2 fully saturated rings. The van der Waals surface area contributed by atoms with Gasteiger partial charge in [-0.3, -0.25) is 4.90 Å². The number of hydrogen-bond acceptors (Lipinski definition) is 6. The number of ether oxygens (including phenoxy) is 1. The van der Waals surface area contributed by atoms with Crippen molar-refractivity contribution in [2.75, 3.05) is 38.2 Å². The highest BCUT2D eigenvalue weighted by atomic mass is 16.5. The Labute approximate surface area is 164 Å². The number of nitrogens with one attached hydrogen (secondary N) is 1. The number of morpholine rings is 1. The molecule has 0 atom stereocenters. The molecule has 3 aromatic rings. The van der Waals surface area contributed by atoms with Crippen LogP contribution in [-0.4, -0.2) is 53.8 Å². The molecule has 6 heteroatoms. The number of aromatic nitrogens is 2. The van der Waals surface area contributed by atoms with E-state index in [0.29, 0.717) is 5.89 Å². The SMILES string of the molecule is Cc1ncc(-c2ccc3cnc(NCC4CC(N5CCOCC5)C4)cc3c2)o1. The quantitative estimate of drug-likeness (QED) is 0.730. The minimum absolute atomic E-state index is 0.683. The Morgan fingerprint density at radius 3 is 2.71 bits per heavy atom. The van der Waals surface area contributed by atoms with Crippen LogP contribution in [0.2, 0.25) is 0 Å². The maximum atomic E-state index is 5.66. The Morgan fingerprint density at radius 1 is 1.07 bits per heavy atom. The van der Waals surface area contributed by atoms with Crippen molar-refractivity contribution in [3.05, 3.63) is 42.5 Å². The summed E-state index contributed by atoms with van der Waals surface area (Å²) < 4.78 is 11.1. The van der Waals surface area contributed by atoms with E-state index in [1.807, 2.05) is 13.1 Å². The zero-order valence-corrected chi connectivity index (χ0v) is 16.2. The number of hydrogen-bond donors (Lipinski definition) is 1. The molecule has 2 aromatic heterocycles. The first-order chi connectivity index (χ1) is 13.7. The van der Waals surface area contributed by atoms with Crippen LogP contribution in [0.3, 0.4) is 0 Å². The predicted molar refractivity (Wildman–Crippen MR) is 109 cm³/mol. The van der Waals surface area contributed by atoms with Gasteiger partial charge in [-0.05, 0) is 36.3 Å². The van der Waals surface area contributed by atoms with Crippen molar-refractivity contribution in [2.45, 2.75) is 25.8 Å². The van der Waals surface area contributed by atoms with Gasteiger partial charge >= 0.3 is 0 Å². The van der Waals surface area contributed by atoms with E-state index in [0.717, 1.165) is 72.7 Å². The first-order valence-corrected chi connectivity index (χ1v) is 10.1. The summed E-state index contributed by atoms with van der Waals surface area (Å²) in [4.78, 5) is 11.4. The zero-order chi connectivity index (χ0) is 18.9. The van der Waals surface area contributed by atoms with Crippen LogP contribution in [0.15, 0.2) is 41.1 Å². The molecule has 1 saturated carbocycles. The molecule has 146 valence electrons. The fourth-order valence-corrected chi connectivity index (χ4v) is 4.24. The molecule has 3 heterocycles. The van der Waals surface area contributed by atoms with Gasteiger partial charge in [0.1, 0.15) is 5.82 Å². The molecule has 0 bridgehead atoms. The molecular formula is C22H26N4O2. The second-order valence-electron chi connectivity index (χ2n) is 7.90. The van der Waals surface area contributed by atoms with Crippen LogP contribution in [0.1, 0.15) is 18.7 Å². The van der Waals surface area contributed by atoms with Crippen LogP contribution in [0.5, 0.6) is 0 Å². The van der Waals surface area contributed by atoms with E-state index in [1.165, 1.54) is 12.8 Å². The average Bonchev–Trinajstić information content (AvgIpc) is 3.13. The van der Waals surface area contributed by atoms with E-state index in [1.54, 1.807) is 6.20 Å². The number of nitrogens with zero attached hydrogens (tertiary/aromatic N) is 3. The van der Waals surface area contributed by atoms with Gasteiger partial charge < -0.3 is 14.5 Å². The molecule has 1 saturated heterocycles. The third-order valence-corrected chi connectivity index (χ3v) is 5.97.